The number of ether oxygens (including phenoxy) is 2. The summed E-state index contributed by atoms with van der Waals surface area (Å²) in [6, 6.07) is 16.0. The minimum atomic E-state index is -1.07. The maximum atomic E-state index is 12.8. The summed E-state index contributed by atoms with van der Waals surface area (Å²) in [6.45, 7) is 7.68. The Hall–Kier alpha value is -3.03. The Kier molecular flexibility index (Phi) is 6.10. The van der Waals surface area contributed by atoms with Crippen LogP contribution in [0.25, 0.3) is 0 Å². The fourth-order valence-electron chi connectivity index (χ4n) is 3.48. The summed E-state index contributed by atoms with van der Waals surface area (Å²) in [6.07, 6.45) is 4.39. The molecule has 1 fully saturated rings. The van der Waals surface area contributed by atoms with Gasteiger partial charge in [-0.25, -0.2) is 0 Å². The van der Waals surface area contributed by atoms with Gasteiger partial charge in [-0.05, 0) is 35.6 Å². The van der Waals surface area contributed by atoms with Crippen LogP contribution in [0.1, 0.15) is 25.5 Å². The Bertz CT molecular complexity index is 990. The zero-order valence-corrected chi connectivity index (χ0v) is 17.1. The molecule has 5 heteroatoms. The van der Waals surface area contributed by atoms with Gasteiger partial charge in [-0.3, -0.25) is 4.79 Å². The third kappa shape index (κ3) is 4.52. The van der Waals surface area contributed by atoms with Crippen molar-refractivity contribution in [1.82, 2.24) is 0 Å². The molecule has 0 amide bonds. The Balaban J connectivity index is 1.79. The molecule has 2 aromatic carbocycles. The lowest BCUT2D eigenvalue weighted by Gasteiger charge is -2.16. The maximum Gasteiger partial charge on any atom is 0.311 e. The van der Waals surface area contributed by atoms with Crippen LogP contribution in [-0.4, -0.2) is 5.97 Å². The van der Waals surface area contributed by atoms with Gasteiger partial charge in [-0.1, -0.05) is 74.5 Å². The van der Waals surface area contributed by atoms with Gasteiger partial charge in [0.15, 0.2) is 0 Å². The molecule has 1 aliphatic carbocycles. The van der Waals surface area contributed by atoms with E-state index in [-0.39, 0.29) is 17.3 Å². The highest BCUT2D eigenvalue weighted by Gasteiger charge is 2.61. The number of nitriles is 1. The molecule has 3 atom stereocenters. The molecule has 2 aromatic rings. The van der Waals surface area contributed by atoms with E-state index in [4.69, 9.17) is 21.1 Å². The second-order valence-electron chi connectivity index (χ2n) is 7.49. The first-order valence-corrected chi connectivity index (χ1v) is 9.68. The van der Waals surface area contributed by atoms with Crippen molar-refractivity contribution in [1.29, 1.82) is 5.26 Å². The summed E-state index contributed by atoms with van der Waals surface area (Å²) < 4.78 is 11.5. The van der Waals surface area contributed by atoms with Crippen molar-refractivity contribution in [2.75, 3.05) is 0 Å². The van der Waals surface area contributed by atoms with Gasteiger partial charge in [0, 0.05) is 10.6 Å². The number of esters is 1. The van der Waals surface area contributed by atoms with E-state index in [1.54, 1.807) is 54.6 Å². The van der Waals surface area contributed by atoms with Crippen molar-refractivity contribution in [2.24, 2.45) is 17.3 Å². The number of para-hydroxylation sites is 1. The minimum absolute atomic E-state index is 0.0605. The van der Waals surface area contributed by atoms with E-state index < -0.39 is 12.1 Å². The van der Waals surface area contributed by atoms with Gasteiger partial charge in [-0.2, -0.15) is 5.26 Å². The predicted molar refractivity (Wildman–Crippen MR) is 113 cm³/mol. The second-order valence-corrected chi connectivity index (χ2v) is 7.93. The first-order valence-electron chi connectivity index (χ1n) is 9.30. The number of nitrogens with zero attached hydrogens (tertiary/aromatic N) is 1. The van der Waals surface area contributed by atoms with Gasteiger partial charge in [0.2, 0.25) is 6.10 Å². The van der Waals surface area contributed by atoms with E-state index >= 15 is 0 Å². The highest BCUT2D eigenvalue weighted by Crippen LogP contribution is 2.59. The number of hydrogen-bond donors (Lipinski definition) is 0. The van der Waals surface area contributed by atoms with Crippen LogP contribution in [0.2, 0.25) is 5.02 Å². The average molecular weight is 408 g/mol. The summed E-state index contributed by atoms with van der Waals surface area (Å²) >= 11 is 6.01. The van der Waals surface area contributed by atoms with Crippen LogP contribution in [0, 0.1) is 28.6 Å². The summed E-state index contributed by atoms with van der Waals surface area (Å²) in [5.74, 6) is 0.344. The largest absolute Gasteiger partial charge is 0.457 e. The summed E-state index contributed by atoms with van der Waals surface area (Å²) in [5.41, 5.74) is 0.271. The molecule has 0 aliphatic heterocycles. The van der Waals surface area contributed by atoms with Crippen LogP contribution < -0.4 is 4.74 Å². The monoisotopic (exact) mass is 407 g/mol. The molecule has 0 saturated heterocycles. The van der Waals surface area contributed by atoms with Crippen LogP contribution in [-0.2, 0) is 9.53 Å². The molecule has 4 nitrogen and oxygen atoms in total. The summed E-state index contributed by atoms with van der Waals surface area (Å²) in [5, 5.41) is 10.2. The van der Waals surface area contributed by atoms with Crippen LogP contribution in [0.5, 0.6) is 11.5 Å². The Morgan fingerprint density at radius 3 is 2.72 bits per heavy atom. The Morgan fingerprint density at radius 2 is 2.03 bits per heavy atom. The highest BCUT2D eigenvalue weighted by atomic mass is 35.5. The van der Waals surface area contributed by atoms with Crippen LogP contribution in [0.4, 0.5) is 0 Å². The normalized spacial score (nSPS) is 20.5. The standard InChI is InChI=1S/C24H22ClNO3/c1-4-5-12-19-22(24(19,2)3)23(27)29-21(15-26)18-11-6-7-13-20(18)28-17-10-8-9-16(25)14-17/h4-14,19,21-22H,1H2,2-3H3. The number of carbonyl (C=O) groups excluding carboxylic acids is 1. The van der Waals surface area contributed by atoms with E-state index in [1.807, 2.05) is 26.0 Å². The SMILES string of the molecule is C=CC=CC1C(C(=O)OC(C#N)c2ccccc2Oc2cccc(Cl)c2)C1(C)C. The molecule has 3 unspecified atom stereocenters. The maximum absolute atomic E-state index is 12.8. The van der Waals surface area contributed by atoms with Crippen molar-refractivity contribution >= 4 is 17.6 Å². The fourth-order valence-corrected chi connectivity index (χ4v) is 3.66. The molecule has 0 aromatic heterocycles. The van der Waals surface area contributed by atoms with Crippen LogP contribution >= 0.6 is 11.6 Å². The third-order valence-corrected chi connectivity index (χ3v) is 5.43. The van der Waals surface area contributed by atoms with Gasteiger partial charge in [0.25, 0.3) is 0 Å². The number of carbonyl (C=O) groups is 1. The zero-order chi connectivity index (χ0) is 21.0. The summed E-state index contributed by atoms with van der Waals surface area (Å²) in [7, 11) is 0. The zero-order valence-electron chi connectivity index (χ0n) is 16.3. The molecule has 0 heterocycles. The van der Waals surface area contributed by atoms with Crippen molar-refractivity contribution in [3.63, 3.8) is 0 Å². The second kappa shape index (κ2) is 8.55. The molecule has 3 rings (SSSR count). The van der Waals surface area contributed by atoms with Crippen molar-refractivity contribution in [3.05, 3.63) is 83.9 Å². The fraction of sp³-hybridized carbons (Fsp3) is 0.250. The molecular formula is C24H22ClNO3. The van der Waals surface area contributed by atoms with Gasteiger partial charge in [0.05, 0.1) is 5.92 Å². The topological polar surface area (TPSA) is 59.3 Å². The van der Waals surface area contributed by atoms with Gasteiger partial charge < -0.3 is 9.47 Å². The van der Waals surface area contributed by atoms with Crippen molar-refractivity contribution in [3.8, 4) is 17.6 Å². The lowest BCUT2D eigenvalue weighted by molar-refractivity contribution is -0.149. The molecule has 1 saturated carbocycles. The lowest BCUT2D eigenvalue weighted by atomic mass is 10.1. The Labute approximate surface area is 176 Å². The first-order chi connectivity index (χ1) is 13.9. The average Bonchev–Trinajstić information content (AvgIpc) is 3.25. The van der Waals surface area contributed by atoms with Gasteiger partial charge in [-0.15, -0.1) is 0 Å². The number of halogens is 1. The number of rotatable bonds is 7. The summed E-state index contributed by atoms with van der Waals surface area (Å²) in [4.78, 5) is 12.8. The van der Waals surface area contributed by atoms with Crippen LogP contribution in [0.3, 0.4) is 0 Å². The van der Waals surface area contributed by atoms with Gasteiger partial charge >= 0.3 is 5.97 Å². The smallest absolute Gasteiger partial charge is 0.311 e. The third-order valence-electron chi connectivity index (χ3n) is 5.20. The Morgan fingerprint density at radius 1 is 1.28 bits per heavy atom. The van der Waals surface area contributed by atoms with Crippen LogP contribution in [0.15, 0.2) is 73.3 Å². The number of hydrogen-bond acceptors (Lipinski definition) is 4. The van der Waals surface area contributed by atoms with Crippen molar-refractivity contribution in [2.45, 2.75) is 20.0 Å². The number of allylic oxidation sites excluding steroid dienone is 3. The molecule has 0 bridgehead atoms. The molecular weight excluding hydrogens is 386 g/mol. The van der Waals surface area contributed by atoms with E-state index in [0.29, 0.717) is 22.1 Å². The molecule has 0 spiro atoms. The molecule has 148 valence electrons. The molecule has 0 N–H and O–H groups in total. The minimum Gasteiger partial charge on any atom is -0.457 e. The van der Waals surface area contributed by atoms with E-state index in [9.17, 15) is 10.1 Å². The van der Waals surface area contributed by atoms with E-state index in [0.717, 1.165) is 0 Å². The molecule has 1 aliphatic rings. The first kappa shape index (κ1) is 20.7. The molecule has 0 radical (unpaired) electrons. The quantitative estimate of drug-likeness (QED) is 0.401. The predicted octanol–water partition coefficient (Wildman–Crippen LogP) is 6.25. The van der Waals surface area contributed by atoms with E-state index in [1.165, 1.54) is 0 Å². The van der Waals surface area contributed by atoms with E-state index in [2.05, 4.69) is 12.6 Å². The lowest BCUT2D eigenvalue weighted by Crippen LogP contribution is -2.15. The van der Waals surface area contributed by atoms with Gasteiger partial charge in [0.1, 0.15) is 17.6 Å². The number of benzene rings is 2. The highest BCUT2D eigenvalue weighted by molar-refractivity contribution is 6.30. The molecule has 29 heavy (non-hydrogen) atoms. The van der Waals surface area contributed by atoms with Crippen molar-refractivity contribution < 1.29 is 14.3 Å².